The smallest absolute Gasteiger partial charge is 0.321 e. The van der Waals surface area contributed by atoms with Gasteiger partial charge in [-0.1, -0.05) is 38.3 Å². The molecule has 0 saturated heterocycles. The van der Waals surface area contributed by atoms with E-state index in [1.165, 1.54) is 18.2 Å². The molecule has 0 fully saturated rings. The third kappa shape index (κ3) is 8.67. The van der Waals surface area contributed by atoms with E-state index in [1.807, 2.05) is 0 Å². The van der Waals surface area contributed by atoms with Gasteiger partial charge in [-0.2, -0.15) is 0 Å². The highest BCUT2D eigenvalue weighted by atomic mass is 35.5. The molecule has 0 radical (unpaired) electrons. The van der Waals surface area contributed by atoms with Crippen LogP contribution in [0.25, 0.3) is 0 Å². The maximum absolute atomic E-state index is 12.3. The first-order chi connectivity index (χ1) is 11.5. The Balaban J connectivity index is 5.41. The molecule has 0 spiro atoms. The molecule has 1 atom stereocenters. The second-order valence-electron chi connectivity index (χ2n) is 4.99. The lowest BCUT2D eigenvalue weighted by Gasteiger charge is -2.21. The van der Waals surface area contributed by atoms with Gasteiger partial charge in [-0.3, -0.25) is 14.4 Å². The van der Waals surface area contributed by atoms with Crippen LogP contribution in [0.3, 0.4) is 0 Å². The molecule has 5 nitrogen and oxygen atoms in total. The van der Waals surface area contributed by atoms with Crippen LogP contribution in [0, 0.1) is 11.8 Å². The van der Waals surface area contributed by atoms with Gasteiger partial charge < -0.3 is 9.47 Å². The zero-order valence-electron chi connectivity index (χ0n) is 14.0. The third-order valence-corrected chi connectivity index (χ3v) is 3.44. The zero-order valence-corrected chi connectivity index (χ0v) is 14.8. The lowest BCUT2D eigenvalue weighted by molar-refractivity contribution is -0.162. The van der Waals surface area contributed by atoms with Crippen molar-refractivity contribution in [3.63, 3.8) is 0 Å². The van der Waals surface area contributed by atoms with Crippen molar-refractivity contribution in [3.05, 3.63) is 37.5 Å². The van der Waals surface area contributed by atoms with E-state index in [4.69, 9.17) is 21.1 Å². The second kappa shape index (κ2) is 13.5. The second-order valence-corrected chi connectivity index (χ2v) is 5.37. The van der Waals surface area contributed by atoms with Crippen LogP contribution in [-0.2, 0) is 23.9 Å². The summed E-state index contributed by atoms with van der Waals surface area (Å²) in [6.45, 7) is 8.65. The molecular formula is C18H25ClO5. The summed E-state index contributed by atoms with van der Waals surface area (Å²) in [5, 5.41) is 0. The fourth-order valence-corrected chi connectivity index (χ4v) is 2.10. The Morgan fingerprint density at radius 1 is 1.08 bits per heavy atom. The first kappa shape index (κ1) is 22.1. The molecule has 0 aliphatic rings. The molecule has 24 heavy (non-hydrogen) atoms. The Morgan fingerprint density at radius 2 is 1.62 bits per heavy atom. The van der Waals surface area contributed by atoms with Gasteiger partial charge in [-0.15, -0.1) is 11.6 Å². The van der Waals surface area contributed by atoms with E-state index in [1.54, 1.807) is 13.0 Å². The molecule has 0 N–H and O–H groups in total. The van der Waals surface area contributed by atoms with Crippen molar-refractivity contribution >= 4 is 29.3 Å². The fraction of sp³-hybridized carbons (Fsp3) is 0.500. The molecule has 0 amide bonds. The van der Waals surface area contributed by atoms with Crippen molar-refractivity contribution in [2.45, 2.75) is 26.2 Å². The first-order valence-electron chi connectivity index (χ1n) is 7.83. The SMILES string of the molecule is C=CCOC(=O)C(C(=O)OCC=C)[C@H](/C=C/C(=O)CC)CCCCl. The molecule has 0 saturated carbocycles. The molecule has 0 aliphatic carbocycles. The van der Waals surface area contributed by atoms with E-state index >= 15 is 0 Å². The summed E-state index contributed by atoms with van der Waals surface area (Å²) in [6.07, 6.45) is 7.14. The average molecular weight is 357 g/mol. The fourth-order valence-electron chi connectivity index (χ4n) is 1.94. The van der Waals surface area contributed by atoms with E-state index in [0.717, 1.165) is 0 Å². The number of esters is 2. The van der Waals surface area contributed by atoms with Crippen LogP contribution >= 0.6 is 11.6 Å². The molecule has 0 aliphatic heterocycles. The van der Waals surface area contributed by atoms with E-state index in [9.17, 15) is 14.4 Å². The van der Waals surface area contributed by atoms with Gasteiger partial charge in [0, 0.05) is 18.2 Å². The minimum absolute atomic E-state index is 0.0100. The molecule has 0 unspecified atom stereocenters. The zero-order chi connectivity index (χ0) is 18.4. The van der Waals surface area contributed by atoms with Crippen molar-refractivity contribution in [1.82, 2.24) is 0 Å². The lowest BCUT2D eigenvalue weighted by atomic mass is 9.87. The summed E-state index contributed by atoms with van der Waals surface area (Å²) in [4.78, 5) is 36.1. The number of allylic oxidation sites excluding steroid dienone is 2. The van der Waals surface area contributed by atoms with Gasteiger partial charge >= 0.3 is 11.9 Å². The Hall–Kier alpha value is -1.88. The highest BCUT2D eigenvalue weighted by Gasteiger charge is 2.36. The molecule has 0 rings (SSSR count). The number of hydrogen-bond acceptors (Lipinski definition) is 5. The van der Waals surface area contributed by atoms with Crippen LogP contribution in [0.5, 0.6) is 0 Å². The summed E-state index contributed by atoms with van der Waals surface area (Å²) in [7, 11) is 0. The highest BCUT2D eigenvalue weighted by molar-refractivity contribution is 6.17. The summed E-state index contributed by atoms with van der Waals surface area (Å²) in [6, 6.07) is 0. The van der Waals surface area contributed by atoms with Gasteiger partial charge in [0.15, 0.2) is 11.7 Å². The van der Waals surface area contributed by atoms with Crippen molar-refractivity contribution in [3.8, 4) is 0 Å². The number of ketones is 1. The van der Waals surface area contributed by atoms with Gasteiger partial charge in [0.1, 0.15) is 13.2 Å². The largest absolute Gasteiger partial charge is 0.461 e. The lowest BCUT2D eigenvalue weighted by Crippen LogP contribution is -2.34. The number of hydrogen-bond donors (Lipinski definition) is 0. The van der Waals surface area contributed by atoms with Crippen LogP contribution in [0.15, 0.2) is 37.5 Å². The van der Waals surface area contributed by atoms with E-state index in [0.29, 0.717) is 25.1 Å². The number of rotatable bonds is 13. The Morgan fingerprint density at radius 3 is 2.04 bits per heavy atom. The molecule has 134 valence electrons. The third-order valence-electron chi connectivity index (χ3n) is 3.17. The Labute approximate surface area is 148 Å². The molecule has 6 heteroatoms. The van der Waals surface area contributed by atoms with E-state index in [-0.39, 0.29) is 19.0 Å². The normalized spacial score (nSPS) is 12.0. The predicted molar refractivity (Wildman–Crippen MR) is 93.7 cm³/mol. The molecule has 0 aromatic rings. The summed E-state index contributed by atoms with van der Waals surface area (Å²) in [5.41, 5.74) is 0. The highest BCUT2D eigenvalue weighted by Crippen LogP contribution is 2.23. The maximum Gasteiger partial charge on any atom is 0.321 e. The van der Waals surface area contributed by atoms with Gasteiger partial charge in [0.2, 0.25) is 0 Å². The Kier molecular flexibility index (Phi) is 12.5. The topological polar surface area (TPSA) is 69.7 Å². The number of ether oxygens (including phenoxy) is 2. The van der Waals surface area contributed by atoms with Crippen molar-refractivity contribution in [2.24, 2.45) is 11.8 Å². The van der Waals surface area contributed by atoms with Gasteiger partial charge in [-0.05, 0) is 18.9 Å². The number of alkyl halides is 1. The number of carbonyl (C=O) groups is 3. The van der Waals surface area contributed by atoms with Crippen molar-refractivity contribution in [1.29, 1.82) is 0 Å². The average Bonchev–Trinajstić information content (AvgIpc) is 2.59. The minimum atomic E-state index is -1.16. The Bertz CT molecular complexity index is 446. The minimum Gasteiger partial charge on any atom is -0.461 e. The summed E-state index contributed by atoms with van der Waals surface area (Å²) >= 11 is 5.72. The summed E-state index contributed by atoms with van der Waals surface area (Å²) < 4.78 is 10.0. The number of carbonyl (C=O) groups excluding carboxylic acids is 3. The quantitative estimate of drug-likeness (QED) is 0.166. The van der Waals surface area contributed by atoms with Crippen molar-refractivity contribution < 1.29 is 23.9 Å². The van der Waals surface area contributed by atoms with Crippen LogP contribution in [-0.4, -0.2) is 36.8 Å². The standard InChI is InChI=1S/C18H25ClO5/c1-4-12-23-17(21)16(18(22)24-13-5-2)14(8-7-11-19)9-10-15(20)6-3/h4-5,9-10,14,16H,1-2,6-8,11-13H2,3H3/b10-9+/t14-/m0/s1. The number of halogens is 1. The van der Waals surface area contributed by atoms with Crippen LogP contribution in [0.2, 0.25) is 0 Å². The maximum atomic E-state index is 12.3. The van der Waals surface area contributed by atoms with Crippen LogP contribution in [0.1, 0.15) is 26.2 Å². The van der Waals surface area contributed by atoms with Crippen molar-refractivity contribution in [2.75, 3.05) is 19.1 Å². The van der Waals surface area contributed by atoms with Gasteiger partial charge in [0.25, 0.3) is 0 Å². The molecule has 0 aromatic heterocycles. The molecule has 0 bridgehead atoms. The molecule has 0 heterocycles. The van der Waals surface area contributed by atoms with E-state index < -0.39 is 23.8 Å². The summed E-state index contributed by atoms with van der Waals surface area (Å²) in [5.74, 6) is -2.83. The monoisotopic (exact) mass is 356 g/mol. The van der Waals surface area contributed by atoms with E-state index in [2.05, 4.69) is 13.2 Å². The van der Waals surface area contributed by atoms with Crippen LogP contribution in [0.4, 0.5) is 0 Å². The molecular weight excluding hydrogens is 332 g/mol. The van der Waals surface area contributed by atoms with Crippen LogP contribution < -0.4 is 0 Å². The van der Waals surface area contributed by atoms with Gasteiger partial charge in [0.05, 0.1) is 0 Å². The predicted octanol–water partition coefficient (Wildman–Crippen LogP) is 3.23. The van der Waals surface area contributed by atoms with Gasteiger partial charge in [-0.25, -0.2) is 0 Å². The first-order valence-corrected chi connectivity index (χ1v) is 8.37. The molecule has 0 aromatic carbocycles.